The molecule has 5 heteroatoms. The fourth-order valence-corrected chi connectivity index (χ4v) is 1.68. The van der Waals surface area contributed by atoms with E-state index in [4.69, 9.17) is 4.74 Å². The minimum Gasteiger partial charge on any atom is -0.497 e. The Bertz CT molecular complexity index is 575. The number of hydrogen-bond acceptors (Lipinski definition) is 3. The van der Waals surface area contributed by atoms with E-state index in [1.165, 1.54) is 0 Å². The number of nitrogens with zero attached hydrogens (tertiary/aromatic N) is 2. The molecule has 1 heterocycles. The summed E-state index contributed by atoms with van der Waals surface area (Å²) in [4.78, 5) is 12.0. The van der Waals surface area contributed by atoms with Crippen LogP contribution in [0.15, 0.2) is 30.5 Å². The van der Waals surface area contributed by atoms with Gasteiger partial charge in [-0.3, -0.25) is 9.48 Å². The third-order valence-electron chi connectivity index (χ3n) is 2.59. The molecule has 0 spiro atoms. The van der Waals surface area contributed by atoms with Crippen LogP contribution in [0.5, 0.6) is 5.75 Å². The highest BCUT2D eigenvalue weighted by atomic mass is 16.5. The number of anilines is 1. The van der Waals surface area contributed by atoms with E-state index in [-0.39, 0.29) is 5.91 Å². The molecule has 5 nitrogen and oxygen atoms in total. The Hall–Kier alpha value is -2.30. The fourth-order valence-electron chi connectivity index (χ4n) is 1.68. The molecule has 0 saturated heterocycles. The standard InChI is InChI=1S/C13H15N3O2/c1-9-12(8-16(2)15-9)14-13(17)10-5-4-6-11(7-10)18-3/h4-8H,1-3H3,(H,14,17). The third kappa shape index (κ3) is 2.51. The molecule has 1 aromatic carbocycles. The lowest BCUT2D eigenvalue weighted by Gasteiger charge is -2.05. The van der Waals surface area contributed by atoms with Crippen molar-refractivity contribution in [1.82, 2.24) is 9.78 Å². The average Bonchev–Trinajstić information content (AvgIpc) is 2.68. The van der Waals surface area contributed by atoms with Crippen LogP contribution in [0.3, 0.4) is 0 Å². The lowest BCUT2D eigenvalue weighted by Crippen LogP contribution is -2.12. The Morgan fingerprint density at radius 1 is 1.44 bits per heavy atom. The lowest BCUT2D eigenvalue weighted by atomic mass is 10.2. The molecule has 0 aliphatic heterocycles. The van der Waals surface area contributed by atoms with Gasteiger partial charge in [-0.05, 0) is 25.1 Å². The number of aromatic nitrogens is 2. The van der Waals surface area contributed by atoms with Gasteiger partial charge in [-0.25, -0.2) is 0 Å². The Morgan fingerprint density at radius 2 is 2.22 bits per heavy atom. The maximum Gasteiger partial charge on any atom is 0.255 e. The number of hydrogen-bond donors (Lipinski definition) is 1. The maximum absolute atomic E-state index is 12.0. The molecule has 1 N–H and O–H groups in total. The number of amides is 1. The van der Waals surface area contributed by atoms with E-state index in [0.717, 1.165) is 5.69 Å². The van der Waals surface area contributed by atoms with Crippen molar-refractivity contribution in [2.45, 2.75) is 6.92 Å². The summed E-state index contributed by atoms with van der Waals surface area (Å²) in [6.07, 6.45) is 1.77. The molecule has 0 unspecified atom stereocenters. The molecule has 0 atom stereocenters. The molecule has 2 rings (SSSR count). The largest absolute Gasteiger partial charge is 0.497 e. The third-order valence-corrected chi connectivity index (χ3v) is 2.59. The first kappa shape index (κ1) is 12.2. The topological polar surface area (TPSA) is 56.1 Å². The van der Waals surface area contributed by atoms with Gasteiger partial charge < -0.3 is 10.1 Å². The number of methoxy groups -OCH3 is 1. The van der Waals surface area contributed by atoms with Crippen LogP contribution in [0.1, 0.15) is 16.1 Å². The second-order valence-electron chi connectivity index (χ2n) is 3.99. The molecule has 94 valence electrons. The molecule has 0 saturated carbocycles. The number of carbonyl (C=O) groups is 1. The van der Waals surface area contributed by atoms with Crippen molar-refractivity contribution in [1.29, 1.82) is 0 Å². The fraction of sp³-hybridized carbons (Fsp3) is 0.231. The lowest BCUT2D eigenvalue weighted by molar-refractivity contribution is 0.102. The number of rotatable bonds is 3. The number of benzene rings is 1. The zero-order valence-corrected chi connectivity index (χ0v) is 10.6. The molecule has 0 aliphatic rings. The molecule has 1 amide bonds. The van der Waals surface area contributed by atoms with Crippen LogP contribution < -0.4 is 10.1 Å². The van der Waals surface area contributed by atoms with Gasteiger partial charge in [-0.2, -0.15) is 5.10 Å². The van der Waals surface area contributed by atoms with Gasteiger partial charge >= 0.3 is 0 Å². The van der Waals surface area contributed by atoms with Gasteiger partial charge in [0.05, 0.1) is 18.5 Å². The van der Waals surface area contributed by atoms with Crippen LogP contribution in [0.25, 0.3) is 0 Å². The summed E-state index contributed by atoms with van der Waals surface area (Å²) in [6, 6.07) is 7.01. The molecule has 0 radical (unpaired) electrons. The van der Waals surface area contributed by atoms with Crippen LogP contribution in [0.2, 0.25) is 0 Å². The molecular formula is C13H15N3O2. The van der Waals surface area contributed by atoms with Crippen molar-refractivity contribution in [3.63, 3.8) is 0 Å². The van der Waals surface area contributed by atoms with Gasteiger partial charge in [0.1, 0.15) is 5.75 Å². The van der Waals surface area contributed by atoms with Crippen LogP contribution in [0, 0.1) is 6.92 Å². The summed E-state index contributed by atoms with van der Waals surface area (Å²) >= 11 is 0. The second-order valence-corrected chi connectivity index (χ2v) is 3.99. The number of carbonyl (C=O) groups excluding carboxylic acids is 1. The first-order valence-corrected chi connectivity index (χ1v) is 5.56. The Morgan fingerprint density at radius 3 is 2.83 bits per heavy atom. The second kappa shape index (κ2) is 4.91. The van der Waals surface area contributed by atoms with E-state index in [0.29, 0.717) is 17.0 Å². The Kier molecular flexibility index (Phi) is 3.32. The zero-order chi connectivity index (χ0) is 13.1. The highest BCUT2D eigenvalue weighted by molar-refractivity contribution is 6.04. The highest BCUT2D eigenvalue weighted by Gasteiger charge is 2.10. The molecular weight excluding hydrogens is 230 g/mol. The van der Waals surface area contributed by atoms with Crippen LogP contribution in [-0.2, 0) is 7.05 Å². The SMILES string of the molecule is COc1cccc(C(=O)Nc2cn(C)nc2C)c1. The summed E-state index contributed by atoms with van der Waals surface area (Å²) < 4.78 is 6.75. The number of nitrogens with one attached hydrogen (secondary N) is 1. The Labute approximate surface area is 105 Å². The first-order chi connectivity index (χ1) is 8.60. The minimum atomic E-state index is -0.176. The maximum atomic E-state index is 12.0. The van der Waals surface area contributed by atoms with Crippen molar-refractivity contribution in [2.75, 3.05) is 12.4 Å². The monoisotopic (exact) mass is 245 g/mol. The zero-order valence-electron chi connectivity index (χ0n) is 10.6. The molecule has 0 bridgehead atoms. The summed E-state index contributed by atoms with van der Waals surface area (Å²) in [6.45, 7) is 1.85. The van der Waals surface area contributed by atoms with Gasteiger partial charge in [0.25, 0.3) is 5.91 Å². The van der Waals surface area contributed by atoms with Crippen molar-refractivity contribution in [3.05, 3.63) is 41.7 Å². The highest BCUT2D eigenvalue weighted by Crippen LogP contribution is 2.16. The molecule has 2 aromatic rings. The van der Waals surface area contributed by atoms with Crippen molar-refractivity contribution in [2.24, 2.45) is 7.05 Å². The molecule has 0 aliphatic carbocycles. The summed E-state index contributed by atoms with van der Waals surface area (Å²) in [5.74, 6) is 0.482. The van der Waals surface area contributed by atoms with Gasteiger partial charge in [0.2, 0.25) is 0 Å². The van der Waals surface area contributed by atoms with Gasteiger partial charge in [-0.1, -0.05) is 6.07 Å². The predicted octanol–water partition coefficient (Wildman–Crippen LogP) is 1.99. The van der Waals surface area contributed by atoms with E-state index in [1.807, 2.05) is 14.0 Å². The summed E-state index contributed by atoms with van der Waals surface area (Å²) in [5.41, 5.74) is 2.05. The van der Waals surface area contributed by atoms with Crippen LogP contribution in [0.4, 0.5) is 5.69 Å². The number of ether oxygens (including phenoxy) is 1. The van der Waals surface area contributed by atoms with E-state index in [2.05, 4.69) is 10.4 Å². The van der Waals surface area contributed by atoms with Crippen molar-refractivity contribution in [3.8, 4) is 5.75 Å². The van der Waals surface area contributed by atoms with Crippen molar-refractivity contribution < 1.29 is 9.53 Å². The normalized spacial score (nSPS) is 10.2. The van der Waals surface area contributed by atoms with Gasteiger partial charge in [0, 0.05) is 18.8 Å². The number of aryl methyl sites for hydroxylation is 2. The first-order valence-electron chi connectivity index (χ1n) is 5.56. The van der Waals surface area contributed by atoms with Gasteiger partial charge in [-0.15, -0.1) is 0 Å². The molecule has 1 aromatic heterocycles. The van der Waals surface area contributed by atoms with E-state index in [9.17, 15) is 4.79 Å². The van der Waals surface area contributed by atoms with Crippen LogP contribution in [-0.4, -0.2) is 22.8 Å². The quantitative estimate of drug-likeness (QED) is 0.899. The smallest absolute Gasteiger partial charge is 0.255 e. The minimum absolute atomic E-state index is 0.176. The summed E-state index contributed by atoms with van der Waals surface area (Å²) in [5, 5.41) is 6.99. The predicted molar refractivity (Wildman–Crippen MR) is 68.9 cm³/mol. The van der Waals surface area contributed by atoms with Gasteiger partial charge in [0.15, 0.2) is 0 Å². The Balaban J connectivity index is 2.19. The molecule has 0 fully saturated rings. The van der Waals surface area contributed by atoms with E-state index < -0.39 is 0 Å². The van der Waals surface area contributed by atoms with E-state index in [1.54, 1.807) is 42.3 Å². The molecule has 18 heavy (non-hydrogen) atoms. The van der Waals surface area contributed by atoms with Crippen LogP contribution >= 0.6 is 0 Å². The summed E-state index contributed by atoms with van der Waals surface area (Å²) in [7, 11) is 3.39. The average molecular weight is 245 g/mol. The van der Waals surface area contributed by atoms with E-state index >= 15 is 0 Å². The van der Waals surface area contributed by atoms with Crippen molar-refractivity contribution >= 4 is 11.6 Å².